The lowest BCUT2D eigenvalue weighted by Gasteiger charge is -2.15. The molecule has 9 heteroatoms. The number of primary amides is 2. The van der Waals surface area contributed by atoms with Gasteiger partial charge in [-0.2, -0.15) is 4.72 Å². The summed E-state index contributed by atoms with van der Waals surface area (Å²) in [5.74, 6) is -1.55. The molecule has 0 saturated carbocycles. The van der Waals surface area contributed by atoms with E-state index in [1.807, 2.05) is 6.07 Å². The van der Waals surface area contributed by atoms with Crippen LogP contribution in [0.15, 0.2) is 47.5 Å². The van der Waals surface area contributed by atoms with Crippen molar-refractivity contribution in [2.24, 2.45) is 18.5 Å². The molecule has 1 heterocycles. The Balaban J connectivity index is 2.26. The first-order valence-electron chi connectivity index (χ1n) is 7.02. The second-order valence-corrected chi connectivity index (χ2v) is 7.02. The normalized spacial score (nSPS) is 12.7. The van der Waals surface area contributed by atoms with E-state index in [1.165, 1.54) is 17.8 Å². The van der Waals surface area contributed by atoms with Gasteiger partial charge >= 0.3 is 0 Å². The van der Waals surface area contributed by atoms with Crippen LogP contribution >= 0.6 is 0 Å². The number of hydrogen-bond donors (Lipinski definition) is 3. The molecule has 0 aliphatic rings. The first-order chi connectivity index (χ1) is 11.2. The Morgan fingerprint density at radius 1 is 1.21 bits per heavy atom. The maximum atomic E-state index is 12.4. The van der Waals surface area contributed by atoms with Crippen LogP contribution in [0.1, 0.15) is 16.1 Å². The number of carbonyl (C=O) groups is 2. The summed E-state index contributed by atoms with van der Waals surface area (Å²) in [6.07, 6.45) is 1.36. The summed E-state index contributed by atoms with van der Waals surface area (Å²) >= 11 is 0. The number of sulfonamides is 1. The van der Waals surface area contributed by atoms with Crippen LogP contribution in [0.3, 0.4) is 0 Å². The summed E-state index contributed by atoms with van der Waals surface area (Å²) in [6, 6.07) is 8.91. The molecular formula is C15H18N4O4S. The average molecular weight is 350 g/mol. The summed E-state index contributed by atoms with van der Waals surface area (Å²) in [5.41, 5.74) is 11.3. The highest BCUT2D eigenvalue weighted by atomic mass is 32.2. The van der Waals surface area contributed by atoms with E-state index in [2.05, 4.69) is 4.72 Å². The minimum Gasteiger partial charge on any atom is -0.368 e. The highest BCUT2D eigenvalue weighted by Gasteiger charge is 2.26. The number of rotatable bonds is 7. The van der Waals surface area contributed by atoms with Gasteiger partial charge in [-0.3, -0.25) is 9.59 Å². The van der Waals surface area contributed by atoms with E-state index in [4.69, 9.17) is 11.5 Å². The zero-order chi connectivity index (χ0) is 17.9. The molecule has 2 rings (SSSR count). The zero-order valence-corrected chi connectivity index (χ0v) is 13.8. The third kappa shape index (κ3) is 4.00. The average Bonchev–Trinajstić information content (AvgIpc) is 2.90. The van der Waals surface area contributed by atoms with E-state index in [9.17, 15) is 18.0 Å². The highest BCUT2D eigenvalue weighted by Crippen LogP contribution is 2.14. The number of benzene rings is 1. The molecule has 0 saturated heterocycles. The standard InChI is InChI=1S/C15H18N4O4S/c1-19-9-11(8-13(19)15(17)21)24(22,23)18-12(14(16)20)7-10-5-3-2-4-6-10/h2-6,8-9,12,18H,7H2,1H3,(H2,16,20)(H2,17,21). The number of hydrogen-bond acceptors (Lipinski definition) is 4. The lowest BCUT2D eigenvalue weighted by Crippen LogP contribution is -2.45. The molecule has 2 aromatic rings. The summed E-state index contributed by atoms with van der Waals surface area (Å²) in [4.78, 5) is 22.7. The van der Waals surface area contributed by atoms with Gasteiger partial charge in [-0.25, -0.2) is 8.42 Å². The van der Waals surface area contributed by atoms with Crippen LogP contribution in [0, 0.1) is 0 Å². The number of aromatic nitrogens is 1. The number of nitrogens with two attached hydrogens (primary N) is 2. The second kappa shape index (κ2) is 6.85. The number of nitrogens with one attached hydrogen (secondary N) is 1. The van der Waals surface area contributed by atoms with E-state index in [0.717, 1.165) is 11.6 Å². The van der Waals surface area contributed by atoms with Crippen LogP contribution in [0.4, 0.5) is 0 Å². The molecule has 1 aromatic carbocycles. The minimum absolute atomic E-state index is 0.0362. The minimum atomic E-state index is -4.04. The van der Waals surface area contributed by atoms with Gasteiger partial charge < -0.3 is 16.0 Å². The van der Waals surface area contributed by atoms with Gasteiger partial charge in [-0.15, -0.1) is 0 Å². The van der Waals surface area contributed by atoms with Gasteiger partial charge in [-0.05, 0) is 18.1 Å². The molecule has 2 amide bonds. The SMILES string of the molecule is Cn1cc(S(=O)(=O)NC(Cc2ccccc2)C(N)=O)cc1C(N)=O. The van der Waals surface area contributed by atoms with Gasteiger partial charge in [0.2, 0.25) is 15.9 Å². The third-order valence-electron chi connectivity index (χ3n) is 3.47. The molecule has 8 nitrogen and oxygen atoms in total. The monoisotopic (exact) mass is 350 g/mol. The van der Waals surface area contributed by atoms with Crippen LogP contribution < -0.4 is 16.2 Å². The van der Waals surface area contributed by atoms with Gasteiger partial charge in [0.1, 0.15) is 16.6 Å². The molecule has 0 aliphatic heterocycles. The number of nitrogens with zero attached hydrogens (tertiary/aromatic N) is 1. The molecule has 0 bridgehead atoms. The van der Waals surface area contributed by atoms with Crippen molar-refractivity contribution in [1.29, 1.82) is 0 Å². The predicted octanol–water partition coefficient (Wildman–Crippen LogP) is -0.501. The van der Waals surface area contributed by atoms with Crippen LogP contribution in [0.5, 0.6) is 0 Å². The molecule has 0 aliphatic carbocycles. The smallest absolute Gasteiger partial charge is 0.265 e. The van der Waals surface area contributed by atoms with Crippen molar-refractivity contribution < 1.29 is 18.0 Å². The topological polar surface area (TPSA) is 137 Å². The van der Waals surface area contributed by atoms with E-state index < -0.39 is 27.9 Å². The number of amides is 2. The van der Waals surface area contributed by atoms with Gasteiger partial charge in [0.25, 0.3) is 5.91 Å². The molecule has 0 fully saturated rings. The molecule has 0 spiro atoms. The van der Waals surface area contributed by atoms with E-state index in [0.29, 0.717) is 0 Å². The lowest BCUT2D eigenvalue weighted by molar-refractivity contribution is -0.119. The van der Waals surface area contributed by atoms with Crippen molar-refractivity contribution >= 4 is 21.8 Å². The first-order valence-corrected chi connectivity index (χ1v) is 8.51. The van der Waals surface area contributed by atoms with Crippen LogP contribution in [-0.4, -0.2) is 30.8 Å². The molecular weight excluding hydrogens is 332 g/mol. The Kier molecular flexibility index (Phi) is 5.05. The molecule has 24 heavy (non-hydrogen) atoms. The highest BCUT2D eigenvalue weighted by molar-refractivity contribution is 7.89. The van der Waals surface area contributed by atoms with Crippen molar-refractivity contribution in [2.45, 2.75) is 17.4 Å². The fourth-order valence-corrected chi connectivity index (χ4v) is 3.51. The quantitative estimate of drug-likeness (QED) is 0.620. The van der Waals surface area contributed by atoms with Crippen molar-refractivity contribution in [2.75, 3.05) is 0 Å². The number of carbonyl (C=O) groups excluding carboxylic acids is 2. The Bertz CT molecular complexity index is 859. The van der Waals surface area contributed by atoms with Gasteiger partial charge in [0, 0.05) is 13.2 Å². The summed E-state index contributed by atoms with van der Waals surface area (Å²) in [5, 5.41) is 0. The molecule has 1 aromatic heterocycles. The zero-order valence-electron chi connectivity index (χ0n) is 13.0. The van der Waals surface area contributed by atoms with Gasteiger partial charge in [0.15, 0.2) is 0 Å². The summed E-state index contributed by atoms with van der Waals surface area (Å²) in [6.45, 7) is 0. The van der Waals surface area contributed by atoms with Crippen molar-refractivity contribution in [1.82, 2.24) is 9.29 Å². The largest absolute Gasteiger partial charge is 0.368 e. The number of aryl methyl sites for hydroxylation is 1. The van der Waals surface area contributed by atoms with Crippen LogP contribution in [0.2, 0.25) is 0 Å². The van der Waals surface area contributed by atoms with Crippen LogP contribution in [0.25, 0.3) is 0 Å². The second-order valence-electron chi connectivity index (χ2n) is 5.30. The van der Waals surface area contributed by atoms with Crippen molar-refractivity contribution in [3.05, 3.63) is 53.9 Å². The van der Waals surface area contributed by atoms with Crippen molar-refractivity contribution in [3.8, 4) is 0 Å². The van der Waals surface area contributed by atoms with Gasteiger partial charge in [-0.1, -0.05) is 30.3 Å². The fourth-order valence-electron chi connectivity index (χ4n) is 2.23. The first kappa shape index (κ1) is 17.7. The fraction of sp³-hybridized carbons (Fsp3) is 0.200. The molecule has 128 valence electrons. The van der Waals surface area contributed by atoms with E-state index >= 15 is 0 Å². The summed E-state index contributed by atoms with van der Waals surface area (Å²) in [7, 11) is -2.54. The summed E-state index contributed by atoms with van der Waals surface area (Å²) < 4.78 is 28.5. The Labute approximate surface area is 139 Å². The van der Waals surface area contributed by atoms with E-state index in [1.54, 1.807) is 24.3 Å². The van der Waals surface area contributed by atoms with Crippen molar-refractivity contribution in [3.63, 3.8) is 0 Å². The molecule has 0 radical (unpaired) electrons. The van der Waals surface area contributed by atoms with Crippen LogP contribution in [-0.2, 0) is 28.3 Å². The Morgan fingerprint density at radius 3 is 2.33 bits per heavy atom. The van der Waals surface area contributed by atoms with Gasteiger partial charge in [0.05, 0.1) is 0 Å². The molecule has 1 atom stereocenters. The maximum Gasteiger partial charge on any atom is 0.265 e. The Morgan fingerprint density at radius 2 is 1.83 bits per heavy atom. The van der Waals surface area contributed by atoms with E-state index in [-0.39, 0.29) is 17.0 Å². The molecule has 5 N–H and O–H groups in total. The lowest BCUT2D eigenvalue weighted by atomic mass is 10.1. The predicted molar refractivity (Wildman–Crippen MR) is 87.4 cm³/mol. The Hall–Kier alpha value is -2.65. The molecule has 1 unspecified atom stereocenters. The third-order valence-corrected chi connectivity index (χ3v) is 4.90. The maximum absolute atomic E-state index is 12.4.